The summed E-state index contributed by atoms with van der Waals surface area (Å²) in [5.41, 5.74) is 5.31. The molecule has 1 heterocycles. The van der Waals surface area contributed by atoms with E-state index in [2.05, 4.69) is 43.8 Å². The van der Waals surface area contributed by atoms with E-state index in [1.807, 2.05) is 6.07 Å². The lowest BCUT2D eigenvalue weighted by Gasteiger charge is -2.10. The third-order valence-corrected chi connectivity index (χ3v) is 5.92. The van der Waals surface area contributed by atoms with Crippen molar-refractivity contribution in [1.29, 1.82) is 5.26 Å². The molecule has 0 aliphatic carbocycles. The Balaban J connectivity index is 1.58. The molecule has 0 spiro atoms. The second-order valence-corrected chi connectivity index (χ2v) is 8.47. The number of carboxylic acids is 1. The number of nitriles is 1. The molecule has 0 aliphatic heterocycles. The summed E-state index contributed by atoms with van der Waals surface area (Å²) in [6.07, 6.45) is 0. The molecular weight excluding hydrogens is 581 g/mol. The van der Waals surface area contributed by atoms with Gasteiger partial charge in [0.2, 0.25) is 0 Å². The fourth-order valence-corrected chi connectivity index (χ4v) is 3.99. The van der Waals surface area contributed by atoms with Crippen molar-refractivity contribution in [3.63, 3.8) is 0 Å². The van der Waals surface area contributed by atoms with Crippen LogP contribution in [0.2, 0.25) is 0 Å². The van der Waals surface area contributed by atoms with Gasteiger partial charge in [-0.3, -0.25) is 9.59 Å². The molecule has 1 aromatic heterocycles. The molecule has 0 aliphatic rings. The molecular formula is C23H16IN7O5. The smallest absolute Gasteiger partial charge is 0.337 e. The Hall–Kier alpha value is -4.52. The van der Waals surface area contributed by atoms with Crippen LogP contribution in [0, 0.1) is 14.9 Å². The van der Waals surface area contributed by atoms with Gasteiger partial charge in [0.1, 0.15) is 0 Å². The van der Waals surface area contributed by atoms with Gasteiger partial charge in [-0.25, -0.2) is 10.2 Å². The number of benzene rings is 3. The molecule has 4 aromatic rings. The molecule has 0 saturated heterocycles. The van der Waals surface area contributed by atoms with Crippen LogP contribution in [0.3, 0.4) is 0 Å². The minimum Gasteiger partial charge on any atom is -0.478 e. The molecule has 2 amide bonds. The predicted octanol–water partition coefficient (Wildman–Crippen LogP) is 3.36. The molecule has 4 rings (SSSR count). The summed E-state index contributed by atoms with van der Waals surface area (Å²) in [4.78, 5) is 37.2. The number of halogens is 1. The van der Waals surface area contributed by atoms with Gasteiger partial charge < -0.3 is 31.6 Å². The third-order valence-electron chi connectivity index (χ3n) is 5.03. The number of nitrogens with one attached hydrogen (secondary N) is 4. The number of aromatic carboxylic acids is 1. The summed E-state index contributed by atoms with van der Waals surface area (Å²) < 4.78 is 5.96. The van der Waals surface area contributed by atoms with Crippen LogP contribution < -0.4 is 21.6 Å². The zero-order valence-corrected chi connectivity index (χ0v) is 20.3. The van der Waals surface area contributed by atoms with E-state index in [1.54, 1.807) is 30.3 Å². The number of hydrogen-bond donors (Lipinski definition) is 5. The maximum atomic E-state index is 12.9. The van der Waals surface area contributed by atoms with Gasteiger partial charge in [-0.05, 0) is 77.2 Å². The van der Waals surface area contributed by atoms with Crippen molar-refractivity contribution in [2.24, 2.45) is 0 Å². The number of carbonyl (C=O) groups is 3. The van der Waals surface area contributed by atoms with Gasteiger partial charge in [0, 0.05) is 14.8 Å². The number of nitrogens with zero attached hydrogens (tertiary/aromatic N) is 2. The summed E-state index contributed by atoms with van der Waals surface area (Å²) in [6, 6.07) is 15.3. The molecule has 13 heteroatoms. The average molecular weight is 597 g/mol. The van der Waals surface area contributed by atoms with Crippen molar-refractivity contribution in [2.45, 2.75) is 0 Å². The minimum absolute atomic E-state index is 0.0114. The standard InChI is InChI=1S/C23H16IN7O5/c24-16-8-12(2-5-18(16)29-31-26)21(32)27-13-3-6-19-15(9-13)20(30-36-19)22(33)28-17-4-1-11(10-25)7-14(17)23(34)35/h1-9,26,29H,31H2,(H,27,32)(H,28,33)(H,34,35). The Morgan fingerprint density at radius 1 is 1.03 bits per heavy atom. The van der Waals surface area contributed by atoms with Crippen molar-refractivity contribution < 1.29 is 29.5 Å². The number of nitrogen functional groups attached to an aromatic ring is 1. The second kappa shape index (κ2) is 10.4. The first kappa shape index (κ1) is 24.6. The van der Waals surface area contributed by atoms with Gasteiger partial charge in [-0.2, -0.15) is 5.26 Å². The molecule has 12 nitrogen and oxygen atoms in total. The van der Waals surface area contributed by atoms with Crippen LogP contribution in [0.5, 0.6) is 0 Å². The van der Waals surface area contributed by atoms with Crippen LogP contribution in [0.25, 0.3) is 16.8 Å². The molecule has 0 unspecified atom stereocenters. The van der Waals surface area contributed by atoms with Crippen molar-refractivity contribution in [3.05, 3.63) is 86.4 Å². The van der Waals surface area contributed by atoms with Crippen molar-refractivity contribution in [2.75, 3.05) is 16.1 Å². The maximum Gasteiger partial charge on any atom is 0.337 e. The second-order valence-electron chi connectivity index (χ2n) is 7.31. The first-order valence-corrected chi connectivity index (χ1v) is 11.2. The van der Waals surface area contributed by atoms with E-state index in [0.717, 1.165) is 15.2 Å². The lowest BCUT2D eigenvalue weighted by molar-refractivity contribution is -0.556. The molecule has 3 aromatic carbocycles. The quantitative estimate of drug-likeness (QED) is 0.121. The van der Waals surface area contributed by atoms with Gasteiger partial charge in [0.25, 0.3) is 11.8 Å². The Labute approximate surface area is 216 Å². The van der Waals surface area contributed by atoms with Gasteiger partial charge in [-0.15, -0.1) is 0 Å². The van der Waals surface area contributed by atoms with Crippen LogP contribution in [-0.4, -0.2) is 28.0 Å². The first-order chi connectivity index (χ1) is 17.3. The molecule has 36 heavy (non-hydrogen) atoms. The van der Waals surface area contributed by atoms with Crippen LogP contribution in [0.15, 0.2) is 59.1 Å². The monoisotopic (exact) mass is 597 g/mol. The molecule has 180 valence electrons. The maximum absolute atomic E-state index is 12.9. The molecule has 7 N–H and O–H groups in total. The van der Waals surface area contributed by atoms with Gasteiger partial charge in [-0.1, -0.05) is 5.16 Å². The van der Waals surface area contributed by atoms with E-state index < -0.39 is 11.9 Å². The number of aromatic nitrogens is 1. The van der Waals surface area contributed by atoms with Crippen LogP contribution in [0.1, 0.15) is 36.8 Å². The van der Waals surface area contributed by atoms with Crippen LogP contribution in [0.4, 0.5) is 17.1 Å². The molecule has 0 atom stereocenters. The van der Waals surface area contributed by atoms with Crippen molar-refractivity contribution >= 4 is 68.4 Å². The van der Waals surface area contributed by atoms with E-state index in [9.17, 15) is 19.5 Å². The predicted molar refractivity (Wildman–Crippen MR) is 137 cm³/mol. The number of fused-ring (bicyclic) bond motifs is 1. The average Bonchev–Trinajstić information content (AvgIpc) is 3.29. The van der Waals surface area contributed by atoms with Gasteiger partial charge in [0.05, 0.1) is 34.0 Å². The highest BCUT2D eigenvalue weighted by Crippen LogP contribution is 2.26. The highest BCUT2D eigenvalue weighted by molar-refractivity contribution is 14.1. The fourth-order valence-electron chi connectivity index (χ4n) is 3.32. The van der Waals surface area contributed by atoms with Gasteiger partial charge in [0.15, 0.2) is 11.3 Å². The van der Waals surface area contributed by atoms with E-state index in [-0.39, 0.29) is 34.0 Å². The SMILES string of the molecule is N#Cc1ccc(NC(=O)c2noc3ccc(NC(=O)c4ccc(N[NH2+][NH-])c(I)c4)cc23)c(C(=O)O)c1. The Bertz CT molecular complexity index is 1560. The largest absolute Gasteiger partial charge is 0.478 e. The van der Waals surface area contributed by atoms with Gasteiger partial charge >= 0.3 is 5.97 Å². The number of rotatable bonds is 7. The summed E-state index contributed by atoms with van der Waals surface area (Å²) in [7, 11) is 0. The summed E-state index contributed by atoms with van der Waals surface area (Å²) >= 11 is 2.05. The molecule has 0 bridgehead atoms. The number of amides is 2. The van der Waals surface area contributed by atoms with Crippen LogP contribution >= 0.6 is 22.6 Å². The topological polar surface area (TPSA) is 198 Å². The third kappa shape index (κ3) is 5.10. The number of anilines is 3. The summed E-state index contributed by atoms with van der Waals surface area (Å²) in [5, 5.41) is 27.8. The fraction of sp³-hybridized carbons (Fsp3) is 0. The van der Waals surface area contributed by atoms with Crippen molar-refractivity contribution in [1.82, 2.24) is 5.16 Å². The highest BCUT2D eigenvalue weighted by Gasteiger charge is 2.20. The molecule has 0 radical (unpaired) electrons. The first-order valence-electron chi connectivity index (χ1n) is 10.2. The van der Waals surface area contributed by atoms with E-state index in [0.29, 0.717) is 22.3 Å². The van der Waals surface area contributed by atoms with E-state index >= 15 is 0 Å². The summed E-state index contributed by atoms with van der Waals surface area (Å²) in [6.45, 7) is 0. The zero-order valence-electron chi connectivity index (χ0n) is 18.1. The highest BCUT2D eigenvalue weighted by atomic mass is 127. The van der Waals surface area contributed by atoms with E-state index in [1.165, 1.54) is 18.2 Å². The molecule has 0 saturated carbocycles. The Kier molecular flexibility index (Phi) is 7.10. The number of nitrogens with two attached hydrogens (primary N) is 1. The zero-order chi connectivity index (χ0) is 25.8. The number of hydrogen-bond acceptors (Lipinski definition) is 7. The lowest BCUT2D eigenvalue weighted by Crippen LogP contribution is -2.80. The number of carbonyl (C=O) groups excluding carboxylic acids is 2. The Morgan fingerprint density at radius 2 is 1.81 bits per heavy atom. The molecule has 0 fully saturated rings. The van der Waals surface area contributed by atoms with Crippen LogP contribution in [-0.2, 0) is 0 Å². The lowest BCUT2D eigenvalue weighted by atomic mass is 10.1. The normalized spacial score (nSPS) is 10.5. The Morgan fingerprint density at radius 3 is 2.50 bits per heavy atom. The summed E-state index contributed by atoms with van der Waals surface area (Å²) in [5.74, 6) is 4.71. The van der Waals surface area contributed by atoms with Crippen molar-refractivity contribution in [3.8, 4) is 6.07 Å². The number of carboxylic acid groups (broad SMARTS) is 1. The minimum atomic E-state index is -1.31. The number of quaternary nitrogens is 1. The van der Waals surface area contributed by atoms with E-state index in [4.69, 9.17) is 15.6 Å².